The van der Waals surface area contributed by atoms with Crippen LogP contribution in [-0.2, 0) is 33.5 Å². The molecule has 0 radical (unpaired) electrons. The third-order valence-corrected chi connectivity index (χ3v) is 9.60. The molecule has 0 saturated carbocycles. The van der Waals surface area contributed by atoms with Crippen molar-refractivity contribution < 1.29 is 19.4 Å². The Morgan fingerprint density at radius 2 is 1.68 bits per heavy atom. The van der Waals surface area contributed by atoms with Gasteiger partial charge in [-0.3, -0.25) is 14.5 Å². The molecule has 0 saturated heterocycles. The Kier molecular flexibility index (Phi) is 7.53. The lowest BCUT2D eigenvalue weighted by Crippen LogP contribution is -2.36. The minimum atomic E-state index is -0.332. The van der Waals surface area contributed by atoms with Gasteiger partial charge in [0.1, 0.15) is 23.3 Å². The predicted octanol–water partition coefficient (Wildman–Crippen LogP) is 6.68. The first-order valence-corrected chi connectivity index (χ1v) is 15.7. The fourth-order valence-electron chi connectivity index (χ4n) is 6.71. The molecule has 1 N–H and O–H groups in total. The lowest BCUT2D eigenvalue weighted by Gasteiger charge is -2.31. The van der Waals surface area contributed by atoms with Crippen molar-refractivity contribution in [2.45, 2.75) is 26.3 Å². The Bertz CT molecular complexity index is 2120. The van der Waals surface area contributed by atoms with Gasteiger partial charge in [0.25, 0.3) is 11.8 Å². The number of rotatable bonds is 1. The summed E-state index contributed by atoms with van der Waals surface area (Å²) in [5, 5.41) is 20.6. The van der Waals surface area contributed by atoms with E-state index in [1.807, 2.05) is 48.7 Å². The minimum absolute atomic E-state index is 0.0619. The molecule has 47 heavy (non-hydrogen) atoms. The number of phenols is 1. The first-order valence-electron chi connectivity index (χ1n) is 15.4. The highest BCUT2D eigenvalue weighted by molar-refractivity contribution is 6.31. The van der Waals surface area contributed by atoms with Gasteiger partial charge in [-0.25, -0.2) is 0 Å². The maximum absolute atomic E-state index is 14.8. The van der Waals surface area contributed by atoms with Gasteiger partial charge in [-0.15, -0.1) is 0 Å². The zero-order chi connectivity index (χ0) is 33.0. The highest BCUT2D eigenvalue weighted by atomic mass is 35.5. The normalized spacial score (nSPS) is 14.6. The maximum Gasteiger partial charge on any atom is 0.264 e. The van der Waals surface area contributed by atoms with Crippen molar-refractivity contribution in [3.63, 3.8) is 0 Å². The van der Waals surface area contributed by atoms with Crippen molar-refractivity contribution in [3.8, 4) is 28.8 Å². The predicted molar refractivity (Wildman–Crippen MR) is 179 cm³/mol. The number of hydrogen-bond donors (Lipinski definition) is 1. The number of carbonyl (C=O) groups excluding carboxylic acids is 2. The lowest BCUT2D eigenvalue weighted by atomic mass is 9.96. The molecular formula is C37H32ClN5O4. The molecule has 5 aromatic rings. The number of hydrogen-bond acceptors (Lipinski definition) is 5. The van der Waals surface area contributed by atoms with E-state index < -0.39 is 0 Å². The monoisotopic (exact) mass is 645 g/mol. The summed E-state index contributed by atoms with van der Waals surface area (Å²) in [4.78, 5) is 32.4. The highest BCUT2D eigenvalue weighted by Crippen LogP contribution is 2.38. The van der Waals surface area contributed by atoms with E-state index in [0.29, 0.717) is 82.7 Å². The van der Waals surface area contributed by atoms with Crippen LogP contribution in [0.5, 0.6) is 11.5 Å². The summed E-state index contributed by atoms with van der Waals surface area (Å²) in [6.45, 7) is 3.13. The van der Waals surface area contributed by atoms with Gasteiger partial charge in [-0.2, -0.15) is 5.26 Å². The molecule has 9 nitrogen and oxygen atoms in total. The fourth-order valence-corrected chi connectivity index (χ4v) is 6.88. The van der Waals surface area contributed by atoms with E-state index in [-0.39, 0.29) is 17.6 Å². The number of aromatic hydroxyl groups is 1. The van der Waals surface area contributed by atoms with Crippen LogP contribution < -0.4 is 9.64 Å². The van der Waals surface area contributed by atoms with Gasteiger partial charge in [0.15, 0.2) is 0 Å². The van der Waals surface area contributed by atoms with Crippen LogP contribution in [0.2, 0.25) is 5.02 Å². The largest absolute Gasteiger partial charge is 0.508 e. The van der Waals surface area contributed by atoms with Crippen LogP contribution in [-0.4, -0.2) is 44.1 Å². The molecule has 0 atom stereocenters. The summed E-state index contributed by atoms with van der Waals surface area (Å²) < 4.78 is 10.1. The van der Waals surface area contributed by atoms with E-state index in [4.69, 9.17) is 16.3 Å². The number of halogens is 1. The van der Waals surface area contributed by atoms with Crippen molar-refractivity contribution in [2.24, 2.45) is 14.1 Å². The Balaban J connectivity index is 1.47. The molecule has 3 aliphatic rings. The van der Waals surface area contributed by atoms with Crippen LogP contribution in [0.1, 0.15) is 48.9 Å². The Morgan fingerprint density at radius 1 is 0.894 bits per heavy atom. The number of aromatic nitrogens is 2. The van der Waals surface area contributed by atoms with Crippen LogP contribution in [0, 0.1) is 18.3 Å². The molecule has 3 aliphatic heterocycles. The standard InChI is InChI=1S/C37H32ClN5O4/c1-22-30-19-33(40(22)2)31-17-24(38)7-12-29(31)36(45)42-15-13-28-23(21-42)5-4-6-35(28)47-16-14-32-34(18-26(20-39)41(32)3)43(37(30)46)25-8-10-27(44)11-9-25/h4-12,17-19,44H,13-16,21H2,1-3H3. The first kappa shape index (κ1) is 30.2. The zero-order valence-corrected chi connectivity index (χ0v) is 27.0. The number of carbonyl (C=O) groups is 2. The van der Waals surface area contributed by atoms with E-state index in [1.54, 1.807) is 51.9 Å². The van der Waals surface area contributed by atoms with Gasteiger partial charge in [-0.1, -0.05) is 23.7 Å². The van der Waals surface area contributed by atoms with E-state index in [2.05, 4.69) is 6.07 Å². The first-order chi connectivity index (χ1) is 22.7. The maximum atomic E-state index is 14.8. The van der Waals surface area contributed by atoms with E-state index in [0.717, 1.165) is 22.6 Å². The number of nitriles is 1. The number of phenolic OH excluding ortho intramolecular Hbond substituents is 1. The highest BCUT2D eigenvalue weighted by Gasteiger charge is 2.31. The van der Waals surface area contributed by atoms with Crippen molar-refractivity contribution in [1.29, 1.82) is 5.26 Å². The van der Waals surface area contributed by atoms with Gasteiger partial charge < -0.3 is 23.9 Å². The van der Waals surface area contributed by atoms with Crippen LogP contribution in [0.15, 0.2) is 72.8 Å². The van der Waals surface area contributed by atoms with Gasteiger partial charge in [-0.05, 0) is 79.6 Å². The topological polar surface area (TPSA) is 104 Å². The second-order valence-corrected chi connectivity index (χ2v) is 12.4. The third kappa shape index (κ3) is 5.11. The van der Waals surface area contributed by atoms with Gasteiger partial charge in [0, 0.05) is 78.1 Å². The number of benzene rings is 3. The minimum Gasteiger partial charge on any atom is -0.508 e. The average Bonchev–Trinajstić information content (AvgIpc) is 3.55. The number of nitrogens with zero attached hydrogens (tertiary/aromatic N) is 5. The molecule has 0 spiro atoms. The molecule has 0 unspecified atom stereocenters. The third-order valence-electron chi connectivity index (χ3n) is 9.36. The van der Waals surface area contributed by atoms with Gasteiger partial charge in [0.05, 0.1) is 17.9 Å². The number of ether oxygens (including phenoxy) is 1. The zero-order valence-electron chi connectivity index (χ0n) is 26.2. The van der Waals surface area contributed by atoms with E-state index in [1.165, 1.54) is 12.1 Å². The Labute approximate surface area is 277 Å². The second-order valence-electron chi connectivity index (χ2n) is 11.9. The van der Waals surface area contributed by atoms with Crippen LogP contribution in [0.3, 0.4) is 0 Å². The summed E-state index contributed by atoms with van der Waals surface area (Å²) in [7, 11) is 3.67. The number of amides is 2. The smallest absolute Gasteiger partial charge is 0.264 e. The molecule has 236 valence electrons. The summed E-state index contributed by atoms with van der Waals surface area (Å²) in [5.41, 5.74) is 7.18. The molecule has 0 fully saturated rings. The number of anilines is 2. The summed E-state index contributed by atoms with van der Waals surface area (Å²) in [6.07, 6.45) is 1.05. The molecular weight excluding hydrogens is 614 g/mol. The van der Waals surface area contributed by atoms with Crippen LogP contribution >= 0.6 is 11.6 Å². The molecule has 8 rings (SSSR count). The van der Waals surface area contributed by atoms with Crippen LogP contribution in [0.4, 0.5) is 11.4 Å². The Morgan fingerprint density at radius 3 is 2.45 bits per heavy atom. The van der Waals surface area contributed by atoms with Crippen molar-refractivity contribution >= 4 is 34.8 Å². The molecule has 10 heteroatoms. The van der Waals surface area contributed by atoms with Crippen molar-refractivity contribution in [1.82, 2.24) is 14.0 Å². The SMILES string of the molecule is Cc1c2cc(n1C)-c1cc(Cl)ccc1C(=O)N1CCc3c(cccc3OCCc3c(cc(C#N)n3C)N(c3ccc(O)cc3)C2=O)C1. The lowest BCUT2D eigenvalue weighted by molar-refractivity contribution is 0.0734. The molecule has 5 heterocycles. The molecule has 0 aliphatic carbocycles. The summed E-state index contributed by atoms with van der Waals surface area (Å²) >= 11 is 6.52. The molecule has 2 aromatic heterocycles. The van der Waals surface area contributed by atoms with Gasteiger partial charge >= 0.3 is 0 Å². The molecule has 3 aromatic carbocycles. The quantitative estimate of drug-likeness (QED) is 0.219. The van der Waals surface area contributed by atoms with Gasteiger partial charge in [0.2, 0.25) is 0 Å². The van der Waals surface area contributed by atoms with E-state index in [9.17, 15) is 20.0 Å². The molecule has 2 amide bonds. The van der Waals surface area contributed by atoms with Crippen molar-refractivity contribution in [3.05, 3.63) is 117 Å². The summed E-state index contributed by atoms with van der Waals surface area (Å²) in [6, 6.07) is 23.3. The van der Waals surface area contributed by atoms with E-state index >= 15 is 0 Å². The van der Waals surface area contributed by atoms with Crippen LogP contribution in [0.25, 0.3) is 11.3 Å². The second kappa shape index (κ2) is 11.7. The Hall–Kier alpha value is -5.46. The summed E-state index contributed by atoms with van der Waals surface area (Å²) in [5.74, 6) is 0.370. The van der Waals surface area contributed by atoms with Crippen molar-refractivity contribution in [2.75, 3.05) is 18.1 Å². The fraction of sp³-hybridized carbons (Fsp3) is 0.216. The average molecular weight is 646 g/mol. The molecule has 6 bridgehead atoms. The number of fused-ring (bicyclic) bond motifs is 4.